The summed E-state index contributed by atoms with van der Waals surface area (Å²) in [7, 11) is 1.35. The van der Waals surface area contributed by atoms with E-state index in [1.54, 1.807) is 6.08 Å². The van der Waals surface area contributed by atoms with Crippen molar-refractivity contribution in [2.75, 3.05) is 20.3 Å². The van der Waals surface area contributed by atoms with Crippen LogP contribution in [0.25, 0.3) is 6.08 Å². The van der Waals surface area contributed by atoms with Gasteiger partial charge >= 0.3 is 5.97 Å². The molecule has 1 amide bonds. The second-order valence-corrected chi connectivity index (χ2v) is 9.66. The molecule has 0 aromatic heterocycles. The molecule has 1 fully saturated rings. The van der Waals surface area contributed by atoms with E-state index < -0.39 is 0 Å². The van der Waals surface area contributed by atoms with Crippen molar-refractivity contribution in [3.8, 4) is 11.5 Å². The van der Waals surface area contributed by atoms with Gasteiger partial charge in [0, 0.05) is 17.4 Å². The van der Waals surface area contributed by atoms with Gasteiger partial charge in [-0.05, 0) is 54.8 Å². The fraction of sp³-hybridized carbons (Fsp3) is 0.292. The van der Waals surface area contributed by atoms with Crippen LogP contribution in [0.1, 0.15) is 30.9 Å². The second kappa shape index (κ2) is 12.2. The van der Waals surface area contributed by atoms with E-state index in [1.165, 1.54) is 23.8 Å². The van der Waals surface area contributed by atoms with E-state index in [0.717, 1.165) is 15.6 Å². The minimum atomic E-state index is -0.304. The summed E-state index contributed by atoms with van der Waals surface area (Å²) in [6.07, 6.45) is 2.53. The topological polar surface area (TPSA) is 65.1 Å². The van der Waals surface area contributed by atoms with Gasteiger partial charge in [0.2, 0.25) is 0 Å². The summed E-state index contributed by atoms with van der Waals surface area (Å²) in [4.78, 5) is 26.2. The maximum atomic E-state index is 12.8. The molecule has 1 heterocycles. The second-order valence-electron chi connectivity index (χ2n) is 7.07. The number of rotatable bonds is 10. The van der Waals surface area contributed by atoms with Crippen molar-refractivity contribution in [2.45, 2.75) is 26.4 Å². The maximum absolute atomic E-state index is 12.8. The van der Waals surface area contributed by atoms with Gasteiger partial charge in [0.15, 0.2) is 11.5 Å². The molecule has 0 unspecified atom stereocenters. The number of ether oxygens (including phenoxy) is 3. The Labute approximate surface area is 211 Å². The molecule has 9 heteroatoms. The molecule has 1 aliphatic rings. The zero-order valence-corrected chi connectivity index (χ0v) is 21.6. The monoisotopic (exact) mass is 549 g/mol. The minimum Gasteiger partial charge on any atom is -0.490 e. The first-order valence-electron chi connectivity index (χ1n) is 10.4. The van der Waals surface area contributed by atoms with Crippen molar-refractivity contribution in [3.63, 3.8) is 0 Å². The Bertz CT molecular complexity index is 1060. The summed E-state index contributed by atoms with van der Waals surface area (Å²) in [6.45, 7) is 3.19. The van der Waals surface area contributed by atoms with Crippen LogP contribution < -0.4 is 9.47 Å². The Morgan fingerprint density at radius 2 is 1.91 bits per heavy atom. The highest BCUT2D eigenvalue weighted by atomic mass is 79.9. The maximum Gasteiger partial charge on any atom is 0.305 e. The van der Waals surface area contributed by atoms with E-state index in [1.807, 2.05) is 49.4 Å². The number of methoxy groups -OCH3 is 1. The molecule has 6 nitrogen and oxygen atoms in total. The molecule has 174 valence electrons. The van der Waals surface area contributed by atoms with Crippen molar-refractivity contribution in [1.29, 1.82) is 0 Å². The Balaban J connectivity index is 1.70. The highest BCUT2D eigenvalue weighted by Crippen LogP contribution is 2.35. The van der Waals surface area contributed by atoms with Crippen LogP contribution in [0, 0.1) is 0 Å². The van der Waals surface area contributed by atoms with Crippen molar-refractivity contribution < 1.29 is 23.8 Å². The number of nitrogens with zero attached hydrogens (tertiary/aromatic N) is 1. The molecule has 33 heavy (non-hydrogen) atoms. The van der Waals surface area contributed by atoms with E-state index in [0.29, 0.717) is 46.9 Å². The molecule has 2 aromatic carbocycles. The third-order valence-corrected chi connectivity index (χ3v) is 6.64. The lowest BCUT2D eigenvalue weighted by Crippen LogP contribution is -2.29. The largest absolute Gasteiger partial charge is 0.490 e. The van der Waals surface area contributed by atoms with Crippen molar-refractivity contribution in [1.82, 2.24) is 4.90 Å². The number of hydrogen-bond donors (Lipinski definition) is 0. The number of thiocarbonyl (C=S) groups is 1. The zero-order chi connectivity index (χ0) is 23.8. The summed E-state index contributed by atoms with van der Waals surface area (Å²) in [6, 6.07) is 13.5. The number of carbonyl (C=O) groups is 2. The summed E-state index contributed by atoms with van der Waals surface area (Å²) in [5.41, 5.74) is 1.85. The van der Waals surface area contributed by atoms with Gasteiger partial charge in [-0.3, -0.25) is 14.5 Å². The fourth-order valence-electron chi connectivity index (χ4n) is 3.07. The van der Waals surface area contributed by atoms with Crippen LogP contribution in [0.5, 0.6) is 11.5 Å². The van der Waals surface area contributed by atoms with E-state index in [2.05, 4.69) is 20.7 Å². The number of hydrogen-bond acceptors (Lipinski definition) is 7. The average molecular weight is 550 g/mol. The quantitative estimate of drug-likeness (QED) is 0.217. The number of benzene rings is 2. The van der Waals surface area contributed by atoms with Crippen LogP contribution in [0.15, 0.2) is 51.8 Å². The summed E-state index contributed by atoms with van der Waals surface area (Å²) < 4.78 is 17.9. The summed E-state index contributed by atoms with van der Waals surface area (Å²) in [5, 5.41) is 0. The molecule has 0 bridgehead atoms. The SMILES string of the molecule is CCOc1cc(/C=C2/SC(=S)N(CCCC(=O)OC)C2=O)ccc1OCc1ccc(Br)cc1. The minimum absolute atomic E-state index is 0.164. The number of carbonyl (C=O) groups excluding carboxylic acids is 2. The van der Waals surface area contributed by atoms with Crippen LogP contribution >= 0.6 is 39.9 Å². The predicted molar refractivity (Wildman–Crippen MR) is 137 cm³/mol. The Kier molecular flexibility index (Phi) is 9.34. The lowest BCUT2D eigenvalue weighted by atomic mass is 10.1. The van der Waals surface area contributed by atoms with E-state index in [9.17, 15) is 9.59 Å². The number of halogens is 1. The van der Waals surface area contributed by atoms with E-state index in [4.69, 9.17) is 21.7 Å². The van der Waals surface area contributed by atoms with Crippen LogP contribution in [0.4, 0.5) is 0 Å². The molecule has 0 saturated carbocycles. The molecule has 0 spiro atoms. The van der Waals surface area contributed by atoms with Gasteiger partial charge in [0.25, 0.3) is 5.91 Å². The molecule has 1 aliphatic heterocycles. The summed E-state index contributed by atoms with van der Waals surface area (Å²) in [5.74, 6) is 0.773. The first-order chi connectivity index (χ1) is 15.9. The molecule has 3 rings (SSSR count). The molecular weight excluding hydrogens is 526 g/mol. The van der Waals surface area contributed by atoms with Crippen LogP contribution in [-0.2, 0) is 20.9 Å². The zero-order valence-electron chi connectivity index (χ0n) is 18.3. The number of amides is 1. The average Bonchev–Trinajstić information content (AvgIpc) is 3.07. The predicted octanol–water partition coefficient (Wildman–Crippen LogP) is 5.58. The molecule has 0 N–H and O–H groups in total. The van der Waals surface area contributed by atoms with Gasteiger partial charge in [0.1, 0.15) is 10.9 Å². The highest BCUT2D eigenvalue weighted by molar-refractivity contribution is 9.10. The van der Waals surface area contributed by atoms with Gasteiger partial charge in [-0.1, -0.05) is 58.1 Å². The van der Waals surface area contributed by atoms with Crippen molar-refractivity contribution in [3.05, 3.63) is 63.0 Å². The van der Waals surface area contributed by atoms with E-state index >= 15 is 0 Å². The Hall–Kier alpha value is -2.36. The molecule has 0 atom stereocenters. The highest BCUT2D eigenvalue weighted by Gasteiger charge is 2.31. The normalized spacial score (nSPS) is 14.6. The lowest BCUT2D eigenvalue weighted by molar-refractivity contribution is -0.141. The summed E-state index contributed by atoms with van der Waals surface area (Å²) >= 11 is 10.0. The number of esters is 1. The third kappa shape index (κ3) is 7.06. The van der Waals surface area contributed by atoms with Gasteiger partial charge in [-0.25, -0.2) is 0 Å². The van der Waals surface area contributed by atoms with Crippen LogP contribution in [-0.4, -0.2) is 41.4 Å². The smallest absolute Gasteiger partial charge is 0.305 e. The lowest BCUT2D eigenvalue weighted by Gasteiger charge is -2.14. The van der Waals surface area contributed by atoms with Crippen molar-refractivity contribution in [2.24, 2.45) is 0 Å². The van der Waals surface area contributed by atoms with Gasteiger partial charge in [-0.15, -0.1) is 0 Å². The Morgan fingerprint density at radius 3 is 2.61 bits per heavy atom. The molecule has 2 aromatic rings. The molecule has 0 radical (unpaired) electrons. The van der Waals surface area contributed by atoms with Crippen LogP contribution in [0.3, 0.4) is 0 Å². The van der Waals surface area contributed by atoms with E-state index in [-0.39, 0.29) is 18.3 Å². The molecule has 0 aliphatic carbocycles. The van der Waals surface area contributed by atoms with Gasteiger partial charge in [-0.2, -0.15) is 0 Å². The molecular formula is C24H24BrNO5S2. The molecule has 1 saturated heterocycles. The third-order valence-electron chi connectivity index (χ3n) is 4.74. The van der Waals surface area contributed by atoms with Crippen molar-refractivity contribution >= 4 is 62.2 Å². The van der Waals surface area contributed by atoms with Gasteiger partial charge in [0.05, 0.1) is 18.6 Å². The first-order valence-corrected chi connectivity index (χ1v) is 12.4. The van der Waals surface area contributed by atoms with Gasteiger partial charge < -0.3 is 14.2 Å². The first kappa shape index (κ1) is 25.3. The van der Waals surface area contributed by atoms with Crippen LogP contribution in [0.2, 0.25) is 0 Å². The fourth-order valence-corrected chi connectivity index (χ4v) is 4.64. The number of thioether (sulfide) groups is 1. The Morgan fingerprint density at radius 1 is 1.15 bits per heavy atom. The standard InChI is InChI=1S/C24H24BrNO5S2/c1-3-30-20-13-17(8-11-19(20)31-15-16-6-9-18(25)10-7-16)14-21-23(28)26(24(32)33-21)12-4-5-22(27)29-2/h6-11,13-14H,3-5,12,15H2,1-2H3/b21-14+.